The first-order valence-corrected chi connectivity index (χ1v) is 18.1. The van der Waals surface area contributed by atoms with E-state index in [1.54, 1.807) is 0 Å². The maximum atomic E-state index is 5.24. The number of fused-ring (bicyclic) bond motifs is 11. The number of unbranched alkanes of at least 4 members (excludes halogenated alkanes) is 2. The van der Waals surface area contributed by atoms with Crippen LogP contribution in [0.3, 0.4) is 0 Å². The van der Waals surface area contributed by atoms with Crippen LogP contribution in [0.1, 0.15) is 72.9 Å². The van der Waals surface area contributed by atoms with Crippen molar-refractivity contribution in [1.82, 2.24) is 4.98 Å². The molecule has 2 heteroatoms. The normalized spacial score (nSPS) is 13.1. The number of rotatable bonds is 8. The summed E-state index contributed by atoms with van der Waals surface area (Å²) in [6.07, 6.45) is 7.18. The van der Waals surface area contributed by atoms with Crippen molar-refractivity contribution in [1.29, 1.82) is 0 Å². The van der Waals surface area contributed by atoms with Crippen LogP contribution in [0.5, 0.6) is 0 Å². The molecule has 247 valence electrons. The van der Waals surface area contributed by atoms with Crippen LogP contribution < -0.4 is 0 Å². The van der Waals surface area contributed by atoms with Gasteiger partial charge in [0.2, 0.25) is 0 Å². The summed E-state index contributed by atoms with van der Waals surface area (Å²) in [5, 5.41) is 1.17. The predicted molar refractivity (Wildman–Crippen MR) is 205 cm³/mol. The maximum absolute atomic E-state index is 5.24. The summed E-state index contributed by atoms with van der Waals surface area (Å²) in [6, 6.07) is 53.6. The number of pyridine rings is 1. The standard InChI is InChI=1S/C48H40N.Ir/c1-3-5-13-32-27-33(14-6-4-2)29-37(28-32)34-22-25-46-35(30-34)23-26-47(49-46)36-21-24-41-40-17-9-12-20-44(40)48(45(41)31-36)42-18-10-7-15-38(42)39-16-8-11-19-43(39)48;/h7-12,15-20,22-31H,3-6,13-14H2,1-2H3;/q-1;. The molecule has 1 radical (unpaired) electrons. The molecule has 0 amide bonds. The number of hydrogen-bond acceptors (Lipinski definition) is 1. The van der Waals surface area contributed by atoms with Crippen LogP contribution in [0.15, 0.2) is 133 Å². The molecule has 0 saturated heterocycles. The Kier molecular flexibility index (Phi) is 8.63. The summed E-state index contributed by atoms with van der Waals surface area (Å²) >= 11 is 0. The third kappa shape index (κ3) is 5.12. The minimum Gasteiger partial charge on any atom is -0.296 e. The third-order valence-corrected chi connectivity index (χ3v) is 10.9. The van der Waals surface area contributed by atoms with Gasteiger partial charge in [0.15, 0.2) is 0 Å². The second-order valence-corrected chi connectivity index (χ2v) is 13.9. The predicted octanol–water partition coefficient (Wildman–Crippen LogP) is 12.4. The van der Waals surface area contributed by atoms with E-state index in [0.717, 1.165) is 29.6 Å². The SMILES string of the molecule is CCCCc1cc(CCCC)cc(-c2ccc3nc(-c4[c-]cc5c(c4)C4(c6ccccc6-c6ccccc64)c4ccccc4-5)ccc3c2)c1.[Ir]. The van der Waals surface area contributed by atoms with Crippen molar-refractivity contribution in [2.24, 2.45) is 0 Å². The number of aromatic nitrogens is 1. The Hall–Kier alpha value is -4.62. The van der Waals surface area contributed by atoms with Crippen LogP contribution in [0.4, 0.5) is 0 Å². The monoisotopic (exact) mass is 823 g/mol. The molecule has 50 heavy (non-hydrogen) atoms. The second-order valence-electron chi connectivity index (χ2n) is 13.9. The minimum atomic E-state index is -0.365. The Morgan fingerprint density at radius 3 is 1.72 bits per heavy atom. The van der Waals surface area contributed by atoms with E-state index in [0.29, 0.717) is 0 Å². The minimum absolute atomic E-state index is 0. The maximum Gasteiger partial charge on any atom is 0.0595 e. The van der Waals surface area contributed by atoms with E-state index in [9.17, 15) is 0 Å². The zero-order valence-corrected chi connectivity index (χ0v) is 31.1. The molecule has 1 nitrogen and oxygen atoms in total. The molecule has 0 unspecified atom stereocenters. The molecule has 0 saturated carbocycles. The molecule has 1 aromatic heterocycles. The molecule has 1 spiro atoms. The molecule has 0 aliphatic heterocycles. The number of aryl methyl sites for hydroxylation is 2. The van der Waals surface area contributed by atoms with Gasteiger partial charge in [-0.3, -0.25) is 4.98 Å². The van der Waals surface area contributed by atoms with Gasteiger partial charge in [0.1, 0.15) is 0 Å². The molecule has 7 aromatic rings. The molecule has 6 aromatic carbocycles. The Labute approximate surface area is 309 Å². The average molecular weight is 823 g/mol. The van der Waals surface area contributed by atoms with E-state index in [1.807, 2.05) is 0 Å². The van der Waals surface area contributed by atoms with Crippen molar-refractivity contribution in [2.45, 2.75) is 57.8 Å². The summed E-state index contributed by atoms with van der Waals surface area (Å²) in [4.78, 5) is 5.24. The molecule has 9 rings (SSSR count). The van der Waals surface area contributed by atoms with Crippen LogP contribution in [0.2, 0.25) is 0 Å². The van der Waals surface area contributed by atoms with Crippen LogP contribution in [0, 0.1) is 6.07 Å². The first kappa shape index (κ1) is 32.6. The summed E-state index contributed by atoms with van der Waals surface area (Å²) in [5.41, 5.74) is 18.7. The van der Waals surface area contributed by atoms with E-state index in [4.69, 9.17) is 4.98 Å². The van der Waals surface area contributed by atoms with Crippen LogP contribution in [-0.4, -0.2) is 4.98 Å². The zero-order valence-electron chi connectivity index (χ0n) is 28.7. The van der Waals surface area contributed by atoms with E-state index >= 15 is 0 Å². The Balaban J connectivity index is 0.00000361. The van der Waals surface area contributed by atoms with Crippen LogP contribution >= 0.6 is 0 Å². The summed E-state index contributed by atoms with van der Waals surface area (Å²) < 4.78 is 0. The third-order valence-electron chi connectivity index (χ3n) is 10.9. The number of benzene rings is 6. The zero-order chi connectivity index (χ0) is 33.0. The molecular formula is C48H40IrN-. The van der Waals surface area contributed by atoms with Crippen molar-refractivity contribution < 1.29 is 20.1 Å². The molecular weight excluding hydrogens is 783 g/mol. The molecule has 1 heterocycles. The van der Waals surface area contributed by atoms with Crippen molar-refractivity contribution in [2.75, 3.05) is 0 Å². The van der Waals surface area contributed by atoms with Crippen LogP contribution in [-0.2, 0) is 38.4 Å². The largest absolute Gasteiger partial charge is 0.296 e. The van der Waals surface area contributed by atoms with Gasteiger partial charge in [-0.2, -0.15) is 0 Å². The van der Waals surface area contributed by atoms with Crippen molar-refractivity contribution in [3.63, 3.8) is 0 Å². The average Bonchev–Trinajstić information content (AvgIpc) is 3.63. The summed E-state index contributed by atoms with van der Waals surface area (Å²) in [6.45, 7) is 4.55. The van der Waals surface area contributed by atoms with E-state index in [2.05, 4.69) is 153 Å². The molecule has 0 bridgehead atoms. The van der Waals surface area contributed by atoms with Gasteiger partial charge < -0.3 is 0 Å². The molecule has 0 fully saturated rings. The van der Waals surface area contributed by atoms with Crippen LogP contribution in [0.25, 0.3) is 55.5 Å². The Morgan fingerprint density at radius 1 is 0.540 bits per heavy atom. The first-order valence-electron chi connectivity index (χ1n) is 18.1. The fraction of sp³-hybridized carbons (Fsp3) is 0.188. The van der Waals surface area contributed by atoms with Gasteiger partial charge >= 0.3 is 0 Å². The van der Waals surface area contributed by atoms with Crippen molar-refractivity contribution in [3.8, 4) is 44.6 Å². The van der Waals surface area contributed by atoms with Crippen molar-refractivity contribution in [3.05, 3.63) is 173 Å². The first-order chi connectivity index (χ1) is 24.2. The fourth-order valence-corrected chi connectivity index (χ4v) is 8.61. The van der Waals surface area contributed by atoms with Gasteiger partial charge in [-0.25, -0.2) is 0 Å². The summed E-state index contributed by atoms with van der Waals surface area (Å²) in [7, 11) is 0. The van der Waals surface area contributed by atoms with E-state index in [1.165, 1.54) is 97.8 Å². The molecule has 0 atom stereocenters. The quantitative estimate of drug-likeness (QED) is 0.139. The fourth-order valence-electron chi connectivity index (χ4n) is 8.61. The smallest absolute Gasteiger partial charge is 0.0595 e. The summed E-state index contributed by atoms with van der Waals surface area (Å²) in [5.74, 6) is 0. The van der Waals surface area contributed by atoms with Gasteiger partial charge in [0.05, 0.1) is 10.9 Å². The molecule has 2 aliphatic carbocycles. The van der Waals surface area contributed by atoms with E-state index in [-0.39, 0.29) is 25.5 Å². The number of hydrogen-bond donors (Lipinski definition) is 0. The van der Waals surface area contributed by atoms with Gasteiger partial charge in [0.25, 0.3) is 0 Å². The van der Waals surface area contributed by atoms with Gasteiger partial charge in [0, 0.05) is 20.1 Å². The molecule has 2 aliphatic rings. The topological polar surface area (TPSA) is 12.9 Å². The van der Waals surface area contributed by atoms with Crippen molar-refractivity contribution >= 4 is 10.9 Å². The van der Waals surface area contributed by atoms with Gasteiger partial charge in [-0.1, -0.05) is 147 Å². The second kappa shape index (κ2) is 13.3. The number of nitrogens with zero attached hydrogens (tertiary/aromatic N) is 1. The van der Waals surface area contributed by atoms with Gasteiger partial charge in [-0.05, 0) is 99.0 Å². The van der Waals surface area contributed by atoms with Gasteiger partial charge in [-0.15, -0.1) is 29.3 Å². The molecule has 0 N–H and O–H groups in total. The Bertz CT molecular complexity index is 2290. The van der Waals surface area contributed by atoms with E-state index < -0.39 is 0 Å². The Morgan fingerprint density at radius 2 is 1.12 bits per heavy atom.